The molecule has 0 amide bonds. The molecule has 0 heterocycles. The van der Waals surface area contributed by atoms with E-state index in [-0.39, 0.29) is 0 Å². The van der Waals surface area contributed by atoms with Gasteiger partial charge in [-0.15, -0.1) is 0 Å². The summed E-state index contributed by atoms with van der Waals surface area (Å²) in [5.41, 5.74) is 0. The highest BCUT2D eigenvalue weighted by molar-refractivity contribution is 4.82. The minimum absolute atomic E-state index is 0.904. The first kappa shape index (κ1) is 13.1. The Kier molecular flexibility index (Phi) is 5.71. The molecule has 1 aliphatic rings. The second kappa shape index (κ2) is 6.55. The Hall–Kier alpha value is 0. The Bertz CT molecular complexity index is 153. The maximum atomic E-state index is 2.47. The van der Waals surface area contributed by atoms with Crippen LogP contribution in [0.2, 0.25) is 0 Å². The minimum Gasteiger partial charge on any atom is -0.0654 e. The van der Waals surface area contributed by atoms with Crippen LogP contribution in [0.1, 0.15) is 72.6 Å². The number of hydrogen-bond donors (Lipinski definition) is 0. The molecular formula is C15H30. The van der Waals surface area contributed by atoms with Crippen LogP contribution in [0, 0.1) is 23.7 Å². The van der Waals surface area contributed by atoms with Crippen molar-refractivity contribution in [3.05, 3.63) is 0 Å². The minimum atomic E-state index is 0.904. The van der Waals surface area contributed by atoms with Gasteiger partial charge in [-0.1, -0.05) is 59.8 Å². The predicted molar refractivity (Wildman–Crippen MR) is 69.0 cm³/mol. The van der Waals surface area contributed by atoms with E-state index >= 15 is 0 Å². The van der Waals surface area contributed by atoms with Crippen molar-refractivity contribution in [2.75, 3.05) is 0 Å². The zero-order chi connectivity index (χ0) is 11.3. The summed E-state index contributed by atoms with van der Waals surface area (Å²) in [6, 6.07) is 0. The van der Waals surface area contributed by atoms with Crippen molar-refractivity contribution in [1.29, 1.82) is 0 Å². The van der Waals surface area contributed by atoms with Gasteiger partial charge in [0.15, 0.2) is 0 Å². The summed E-state index contributed by atoms with van der Waals surface area (Å²) in [6.07, 6.45) is 10.3. The molecule has 15 heavy (non-hydrogen) atoms. The summed E-state index contributed by atoms with van der Waals surface area (Å²) in [6.45, 7) is 9.47. The molecule has 0 N–H and O–H groups in total. The predicted octanol–water partition coefficient (Wildman–Crippen LogP) is 5.28. The van der Waals surface area contributed by atoms with Gasteiger partial charge < -0.3 is 0 Å². The molecule has 0 heteroatoms. The van der Waals surface area contributed by atoms with Crippen LogP contribution in [-0.4, -0.2) is 0 Å². The smallest absolute Gasteiger partial charge is 0.0383 e. The molecule has 0 aromatic carbocycles. The Labute approximate surface area is 96.8 Å². The molecule has 1 aliphatic carbocycles. The van der Waals surface area contributed by atoms with Gasteiger partial charge in [-0.05, 0) is 36.5 Å². The second-order valence-corrected chi connectivity index (χ2v) is 6.19. The molecule has 1 saturated carbocycles. The van der Waals surface area contributed by atoms with E-state index in [4.69, 9.17) is 0 Å². The molecule has 0 aromatic rings. The molecule has 0 radical (unpaired) electrons. The van der Waals surface area contributed by atoms with Gasteiger partial charge in [-0.2, -0.15) is 0 Å². The van der Waals surface area contributed by atoms with Crippen LogP contribution in [0.15, 0.2) is 0 Å². The lowest BCUT2D eigenvalue weighted by atomic mass is 9.66. The zero-order valence-corrected chi connectivity index (χ0v) is 11.3. The molecule has 1 rings (SSSR count). The van der Waals surface area contributed by atoms with Gasteiger partial charge in [-0.25, -0.2) is 0 Å². The number of rotatable bonds is 7. The van der Waals surface area contributed by atoms with Crippen molar-refractivity contribution < 1.29 is 0 Å². The molecule has 1 atom stereocenters. The molecule has 1 unspecified atom stereocenters. The van der Waals surface area contributed by atoms with Gasteiger partial charge in [0.05, 0.1) is 0 Å². The quantitative estimate of drug-likeness (QED) is 0.536. The molecule has 0 spiro atoms. The van der Waals surface area contributed by atoms with Crippen LogP contribution in [0.5, 0.6) is 0 Å². The fourth-order valence-corrected chi connectivity index (χ4v) is 2.82. The first-order chi connectivity index (χ1) is 7.13. The second-order valence-electron chi connectivity index (χ2n) is 6.19. The van der Waals surface area contributed by atoms with E-state index in [0.29, 0.717) is 0 Å². The summed E-state index contributed by atoms with van der Waals surface area (Å²) >= 11 is 0. The van der Waals surface area contributed by atoms with Crippen molar-refractivity contribution in [3.8, 4) is 0 Å². The third-order valence-electron chi connectivity index (χ3n) is 4.24. The van der Waals surface area contributed by atoms with E-state index in [9.17, 15) is 0 Å². The lowest BCUT2D eigenvalue weighted by Crippen LogP contribution is -2.29. The van der Waals surface area contributed by atoms with Crippen LogP contribution >= 0.6 is 0 Å². The van der Waals surface area contributed by atoms with Crippen LogP contribution in [0.3, 0.4) is 0 Å². The van der Waals surface area contributed by atoms with Gasteiger partial charge in [-0.3, -0.25) is 0 Å². The third-order valence-corrected chi connectivity index (χ3v) is 4.24. The van der Waals surface area contributed by atoms with E-state index in [1.165, 1.54) is 44.9 Å². The summed E-state index contributed by atoms with van der Waals surface area (Å²) < 4.78 is 0. The van der Waals surface area contributed by atoms with Crippen LogP contribution in [-0.2, 0) is 0 Å². The third kappa shape index (κ3) is 4.57. The highest BCUT2D eigenvalue weighted by Crippen LogP contribution is 2.43. The van der Waals surface area contributed by atoms with Crippen molar-refractivity contribution in [2.45, 2.75) is 72.6 Å². The summed E-state index contributed by atoms with van der Waals surface area (Å²) in [7, 11) is 0. The standard InChI is InChI=1S/C15H30/c1-5-6-7-13(4)15-10-14(11-15)9-8-12(2)3/h12-15H,5-11H2,1-4H3. The average molecular weight is 210 g/mol. The van der Waals surface area contributed by atoms with E-state index < -0.39 is 0 Å². The van der Waals surface area contributed by atoms with Gasteiger partial charge in [0, 0.05) is 0 Å². The topological polar surface area (TPSA) is 0 Å². The SMILES string of the molecule is CCCCC(C)C1CC(CCC(C)C)C1. The first-order valence-corrected chi connectivity index (χ1v) is 7.13. The van der Waals surface area contributed by atoms with Crippen LogP contribution in [0.4, 0.5) is 0 Å². The molecule has 0 nitrogen and oxygen atoms in total. The molecule has 90 valence electrons. The highest BCUT2D eigenvalue weighted by Gasteiger charge is 2.31. The Morgan fingerprint density at radius 2 is 1.73 bits per heavy atom. The van der Waals surface area contributed by atoms with Gasteiger partial charge >= 0.3 is 0 Å². The van der Waals surface area contributed by atoms with E-state index in [2.05, 4.69) is 27.7 Å². The number of unbranched alkanes of at least 4 members (excludes halogenated alkanes) is 1. The van der Waals surface area contributed by atoms with Crippen molar-refractivity contribution in [1.82, 2.24) is 0 Å². The maximum Gasteiger partial charge on any atom is -0.0383 e. The normalized spacial score (nSPS) is 27.8. The molecule has 0 aliphatic heterocycles. The van der Waals surface area contributed by atoms with Crippen LogP contribution in [0.25, 0.3) is 0 Å². The van der Waals surface area contributed by atoms with Gasteiger partial charge in [0.2, 0.25) is 0 Å². The zero-order valence-electron chi connectivity index (χ0n) is 11.3. The number of hydrogen-bond acceptors (Lipinski definition) is 0. The summed E-state index contributed by atoms with van der Waals surface area (Å²) in [5.74, 6) is 4.07. The lowest BCUT2D eigenvalue weighted by Gasteiger charge is -2.40. The fourth-order valence-electron chi connectivity index (χ4n) is 2.82. The largest absolute Gasteiger partial charge is 0.0654 e. The first-order valence-electron chi connectivity index (χ1n) is 7.13. The molecular weight excluding hydrogens is 180 g/mol. The van der Waals surface area contributed by atoms with Crippen molar-refractivity contribution in [3.63, 3.8) is 0 Å². The molecule has 0 aromatic heterocycles. The van der Waals surface area contributed by atoms with Crippen molar-refractivity contribution in [2.24, 2.45) is 23.7 Å². The van der Waals surface area contributed by atoms with Gasteiger partial charge in [0.1, 0.15) is 0 Å². The fraction of sp³-hybridized carbons (Fsp3) is 1.00. The van der Waals surface area contributed by atoms with Crippen molar-refractivity contribution >= 4 is 0 Å². The maximum absolute atomic E-state index is 2.47. The molecule has 0 saturated heterocycles. The summed E-state index contributed by atoms with van der Waals surface area (Å²) in [5, 5.41) is 0. The Morgan fingerprint density at radius 1 is 1.07 bits per heavy atom. The van der Waals surface area contributed by atoms with Crippen LogP contribution < -0.4 is 0 Å². The van der Waals surface area contributed by atoms with E-state index in [1.54, 1.807) is 0 Å². The lowest BCUT2D eigenvalue weighted by molar-refractivity contribution is 0.114. The van der Waals surface area contributed by atoms with E-state index in [0.717, 1.165) is 23.7 Å². The Balaban J connectivity index is 2.03. The molecule has 0 bridgehead atoms. The van der Waals surface area contributed by atoms with E-state index in [1.807, 2.05) is 0 Å². The van der Waals surface area contributed by atoms with Gasteiger partial charge in [0.25, 0.3) is 0 Å². The highest BCUT2D eigenvalue weighted by atomic mass is 14.4. The Morgan fingerprint density at radius 3 is 2.27 bits per heavy atom. The average Bonchev–Trinajstić information content (AvgIpc) is 2.11. The summed E-state index contributed by atoms with van der Waals surface area (Å²) in [4.78, 5) is 0. The monoisotopic (exact) mass is 210 g/mol. The molecule has 1 fully saturated rings.